The largest absolute Gasteiger partial charge is 0.394 e. The quantitative estimate of drug-likeness (QED) is 0.742. The zero-order chi connectivity index (χ0) is 12.1. The molecule has 0 amide bonds. The van der Waals surface area contributed by atoms with Crippen LogP contribution in [-0.2, 0) is 6.54 Å². The van der Waals surface area contributed by atoms with Gasteiger partial charge in [-0.25, -0.2) is 0 Å². The van der Waals surface area contributed by atoms with Gasteiger partial charge in [-0.05, 0) is 23.6 Å². The van der Waals surface area contributed by atoms with Gasteiger partial charge in [-0.3, -0.25) is 0 Å². The van der Waals surface area contributed by atoms with Crippen molar-refractivity contribution in [1.29, 1.82) is 0 Å². The number of anilines is 1. The van der Waals surface area contributed by atoms with Gasteiger partial charge in [-0.15, -0.1) is 0 Å². The molecule has 0 radical (unpaired) electrons. The van der Waals surface area contributed by atoms with Crippen molar-refractivity contribution in [2.24, 2.45) is 11.7 Å². The molecule has 0 aliphatic heterocycles. The summed E-state index contributed by atoms with van der Waals surface area (Å²) in [6.07, 6.45) is 0. The molecule has 0 saturated carbocycles. The third-order valence-electron chi connectivity index (χ3n) is 2.61. The molecule has 1 aromatic rings. The Labute approximate surface area is 102 Å². The van der Waals surface area contributed by atoms with Crippen molar-refractivity contribution < 1.29 is 5.11 Å². The van der Waals surface area contributed by atoms with Crippen LogP contribution in [0, 0.1) is 5.92 Å². The van der Waals surface area contributed by atoms with Crippen LogP contribution >= 0.6 is 11.6 Å². The molecule has 0 bridgehead atoms. The van der Waals surface area contributed by atoms with Gasteiger partial charge in [0.05, 0.1) is 23.4 Å². The van der Waals surface area contributed by atoms with Crippen LogP contribution in [0.5, 0.6) is 0 Å². The highest BCUT2D eigenvalue weighted by atomic mass is 35.5. The standard InChI is InChI=1S/C12H19ClN2O/c1-8(2)12(7-16)15-11-4-3-9(6-14)5-10(11)13/h3-5,8,12,15-16H,6-7,14H2,1-2H3. The lowest BCUT2D eigenvalue weighted by Crippen LogP contribution is -2.29. The maximum absolute atomic E-state index is 9.22. The first-order chi connectivity index (χ1) is 7.58. The van der Waals surface area contributed by atoms with E-state index < -0.39 is 0 Å². The van der Waals surface area contributed by atoms with Gasteiger partial charge in [0.1, 0.15) is 0 Å². The number of aliphatic hydroxyl groups is 1. The van der Waals surface area contributed by atoms with E-state index in [4.69, 9.17) is 17.3 Å². The molecule has 4 N–H and O–H groups in total. The molecule has 3 nitrogen and oxygen atoms in total. The van der Waals surface area contributed by atoms with Gasteiger partial charge >= 0.3 is 0 Å². The fraction of sp³-hybridized carbons (Fsp3) is 0.500. The fourth-order valence-corrected chi connectivity index (χ4v) is 1.68. The summed E-state index contributed by atoms with van der Waals surface area (Å²) in [7, 11) is 0. The zero-order valence-electron chi connectivity index (χ0n) is 9.70. The number of halogens is 1. The molecule has 1 rings (SSSR count). The lowest BCUT2D eigenvalue weighted by molar-refractivity contribution is 0.249. The van der Waals surface area contributed by atoms with E-state index >= 15 is 0 Å². The summed E-state index contributed by atoms with van der Waals surface area (Å²) in [5.74, 6) is 0.343. The number of nitrogens with two attached hydrogens (primary N) is 1. The highest BCUT2D eigenvalue weighted by molar-refractivity contribution is 6.33. The Balaban J connectivity index is 2.80. The molecule has 0 heterocycles. The average molecular weight is 243 g/mol. The lowest BCUT2D eigenvalue weighted by atomic mass is 10.0. The van der Waals surface area contributed by atoms with Gasteiger partial charge in [-0.1, -0.05) is 31.5 Å². The molecule has 1 aromatic carbocycles. The Bertz CT molecular complexity index is 342. The number of hydrogen-bond donors (Lipinski definition) is 3. The summed E-state index contributed by atoms with van der Waals surface area (Å²) in [4.78, 5) is 0. The van der Waals surface area contributed by atoms with Gasteiger partial charge in [0.2, 0.25) is 0 Å². The maximum Gasteiger partial charge on any atom is 0.0640 e. The van der Waals surface area contributed by atoms with Gasteiger partial charge in [0, 0.05) is 6.54 Å². The highest BCUT2D eigenvalue weighted by Gasteiger charge is 2.13. The number of hydrogen-bond acceptors (Lipinski definition) is 3. The van der Waals surface area contributed by atoms with E-state index in [1.807, 2.05) is 18.2 Å². The first-order valence-electron chi connectivity index (χ1n) is 5.44. The van der Waals surface area contributed by atoms with Crippen molar-refractivity contribution in [2.45, 2.75) is 26.4 Å². The third-order valence-corrected chi connectivity index (χ3v) is 2.92. The summed E-state index contributed by atoms with van der Waals surface area (Å²) in [5, 5.41) is 13.1. The number of rotatable bonds is 5. The van der Waals surface area contributed by atoms with E-state index in [0.717, 1.165) is 11.3 Å². The summed E-state index contributed by atoms with van der Waals surface area (Å²) >= 11 is 6.11. The molecule has 1 unspecified atom stereocenters. The maximum atomic E-state index is 9.22. The number of benzene rings is 1. The van der Waals surface area contributed by atoms with Crippen molar-refractivity contribution in [3.05, 3.63) is 28.8 Å². The molecule has 0 spiro atoms. The molecule has 1 atom stereocenters. The molecule has 0 aliphatic rings. The topological polar surface area (TPSA) is 58.3 Å². The predicted molar refractivity (Wildman–Crippen MR) is 68.7 cm³/mol. The van der Waals surface area contributed by atoms with Crippen LogP contribution in [0.1, 0.15) is 19.4 Å². The molecular formula is C12H19ClN2O. The van der Waals surface area contributed by atoms with Crippen molar-refractivity contribution in [1.82, 2.24) is 0 Å². The smallest absolute Gasteiger partial charge is 0.0640 e. The van der Waals surface area contributed by atoms with E-state index in [-0.39, 0.29) is 12.6 Å². The van der Waals surface area contributed by atoms with Crippen molar-refractivity contribution in [3.8, 4) is 0 Å². The van der Waals surface area contributed by atoms with Crippen LogP contribution in [-0.4, -0.2) is 17.8 Å². The third kappa shape index (κ3) is 3.37. The minimum Gasteiger partial charge on any atom is -0.394 e. The van der Waals surface area contributed by atoms with Gasteiger partial charge in [0.15, 0.2) is 0 Å². The lowest BCUT2D eigenvalue weighted by Gasteiger charge is -2.22. The van der Waals surface area contributed by atoms with E-state index in [9.17, 15) is 5.11 Å². The predicted octanol–water partition coefficient (Wildman–Crippen LogP) is 2.23. The Morgan fingerprint density at radius 1 is 1.44 bits per heavy atom. The number of aliphatic hydroxyl groups excluding tert-OH is 1. The number of nitrogens with one attached hydrogen (secondary N) is 1. The monoisotopic (exact) mass is 242 g/mol. The molecule has 0 aromatic heterocycles. The van der Waals surface area contributed by atoms with E-state index in [1.54, 1.807) is 0 Å². The second-order valence-corrected chi connectivity index (χ2v) is 4.60. The van der Waals surface area contributed by atoms with E-state index in [2.05, 4.69) is 19.2 Å². The van der Waals surface area contributed by atoms with Crippen LogP contribution in [0.25, 0.3) is 0 Å². The first kappa shape index (κ1) is 13.3. The first-order valence-corrected chi connectivity index (χ1v) is 5.82. The van der Waals surface area contributed by atoms with Gasteiger partial charge in [-0.2, -0.15) is 0 Å². The van der Waals surface area contributed by atoms with Crippen LogP contribution in [0.4, 0.5) is 5.69 Å². The molecule has 16 heavy (non-hydrogen) atoms. The fourth-order valence-electron chi connectivity index (χ4n) is 1.43. The minimum atomic E-state index is 0.0150. The zero-order valence-corrected chi connectivity index (χ0v) is 10.5. The summed E-state index contributed by atoms with van der Waals surface area (Å²) < 4.78 is 0. The Morgan fingerprint density at radius 3 is 2.56 bits per heavy atom. The van der Waals surface area contributed by atoms with Crippen molar-refractivity contribution in [2.75, 3.05) is 11.9 Å². The molecular weight excluding hydrogens is 224 g/mol. The van der Waals surface area contributed by atoms with E-state index in [1.165, 1.54) is 0 Å². The van der Waals surface area contributed by atoms with E-state index in [0.29, 0.717) is 17.5 Å². The van der Waals surface area contributed by atoms with Crippen molar-refractivity contribution in [3.63, 3.8) is 0 Å². The molecule has 90 valence electrons. The Morgan fingerprint density at radius 2 is 2.12 bits per heavy atom. The van der Waals surface area contributed by atoms with Crippen LogP contribution in [0.3, 0.4) is 0 Å². The summed E-state index contributed by atoms with van der Waals surface area (Å²) in [6.45, 7) is 4.67. The second-order valence-electron chi connectivity index (χ2n) is 4.20. The van der Waals surface area contributed by atoms with Gasteiger partial charge in [0.25, 0.3) is 0 Å². The SMILES string of the molecule is CC(C)C(CO)Nc1ccc(CN)cc1Cl. The van der Waals surface area contributed by atoms with Gasteiger partial charge < -0.3 is 16.2 Å². The van der Waals surface area contributed by atoms with Crippen LogP contribution < -0.4 is 11.1 Å². The molecule has 0 fully saturated rings. The minimum absolute atomic E-state index is 0.0150. The molecule has 0 saturated heterocycles. The average Bonchev–Trinajstić information content (AvgIpc) is 2.26. The molecule has 4 heteroatoms. The normalized spacial score (nSPS) is 12.9. The summed E-state index contributed by atoms with van der Waals surface area (Å²) in [5.41, 5.74) is 7.37. The Hall–Kier alpha value is -0.770. The second kappa shape index (κ2) is 6.09. The van der Waals surface area contributed by atoms with Crippen LogP contribution in [0.2, 0.25) is 5.02 Å². The summed E-state index contributed by atoms with van der Waals surface area (Å²) in [6, 6.07) is 5.69. The van der Waals surface area contributed by atoms with Crippen molar-refractivity contribution >= 4 is 17.3 Å². The Kier molecular flexibility index (Phi) is 5.06. The highest BCUT2D eigenvalue weighted by Crippen LogP contribution is 2.24. The van der Waals surface area contributed by atoms with Crippen LogP contribution in [0.15, 0.2) is 18.2 Å². The molecule has 0 aliphatic carbocycles.